The van der Waals surface area contributed by atoms with Gasteiger partial charge in [0.2, 0.25) is 0 Å². The molecule has 0 spiro atoms. The molecule has 9 unspecified atom stereocenters. The molecule has 108 heavy (non-hydrogen) atoms. The molecule has 0 heterocycles. The standard InChI is InChI=1S/9C12H26/c9*1-6-7-8-9-11(2)10-12(3,4)5/h9*11H,6-10H2,1-5H3. The summed E-state index contributed by atoms with van der Waals surface area (Å²) in [5.74, 6) is 8.22. The zero-order valence-electron chi connectivity index (χ0n) is 86.5. The second-order valence-corrected chi connectivity index (χ2v) is 48.3. The van der Waals surface area contributed by atoms with Crippen molar-refractivity contribution in [3.63, 3.8) is 0 Å². The lowest BCUT2D eigenvalue weighted by Crippen LogP contribution is -2.10. The van der Waals surface area contributed by atoms with E-state index in [0.717, 1.165) is 53.3 Å². The van der Waals surface area contributed by atoms with Gasteiger partial charge in [-0.1, -0.05) is 543 Å². The van der Waals surface area contributed by atoms with E-state index < -0.39 is 0 Å². The van der Waals surface area contributed by atoms with Crippen LogP contribution in [0, 0.1) is 102 Å². The molecule has 0 amide bonds. The molecular weight excluding hydrogens is 1300 g/mol. The van der Waals surface area contributed by atoms with Crippen molar-refractivity contribution in [2.24, 2.45) is 102 Å². The minimum Gasteiger partial charge on any atom is -0.0654 e. The van der Waals surface area contributed by atoms with Crippen molar-refractivity contribution < 1.29 is 0 Å². The molecule has 666 valence electrons. The Labute approximate surface area is 698 Å². The Kier molecular flexibility index (Phi) is 88.5. The van der Waals surface area contributed by atoms with E-state index in [1.807, 2.05) is 0 Å². The summed E-state index contributed by atoms with van der Waals surface area (Å²) < 4.78 is 0. The van der Waals surface area contributed by atoms with E-state index in [0.29, 0.717) is 48.7 Å². The summed E-state index contributed by atoms with van der Waals surface area (Å²) >= 11 is 0. The van der Waals surface area contributed by atoms with E-state index in [4.69, 9.17) is 0 Å². The summed E-state index contributed by atoms with van der Waals surface area (Å²) in [4.78, 5) is 0. The Morgan fingerprint density at radius 3 is 0.231 bits per heavy atom. The van der Waals surface area contributed by atoms with Gasteiger partial charge in [0.15, 0.2) is 0 Å². The van der Waals surface area contributed by atoms with E-state index in [1.54, 1.807) is 0 Å². The topological polar surface area (TPSA) is 0 Å². The molecule has 0 rings (SSSR count). The fourth-order valence-electron chi connectivity index (χ4n) is 17.0. The lowest BCUT2D eigenvalue weighted by Gasteiger charge is -2.23. The van der Waals surface area contributed by atoms with Gasteiger partial charge >= 0.3 is 0 Å². The molecule has 0 aliphatic carbocycles. The first-order valence-electron chi connectivity index (χ1n) is 49.1. The maximum atomic E-state index is 2.39. The first-order valence-corrected chi connectivity index (χ1v) is 49.1. The lowest BCUT2D eigenvalue weighted by molar-refractivity contribution is 0.291. The molecule has 0 fully saturated rings. The summed E-state index contributed by atoms with van der Waals surface area (Å²) in [7, 11) is 0. The number of hydrogen-bond acceptors (Lipinski definition) is 0. The summed E-state index contributed by atoms with van der Waals surface area (Å²) in [5, 5.41) is 0. The molecule has 0 N–H and O–H groups in total. The normalized spacial score (nSPS) is 14.8. The SMILES string of the molecule is CCCCCC(C)CC(C)(C)C.CCCCCC(C)CC(C)(C)C.CCCCCC(C)CC(C)(C)C.CCCCCC(C)CC(C)(C)C.CCCCCC(C)CC(C)(C)C.CCCCCC(C)CC(C)(C)C.CCCCCC(C)CC(C)(C)C.CCCCCC(C)CC(C)(C)C.CCCCCC(C)CC(C)(C)C. The van der Waals surface area contributed by atoms with E-state index in [-0.39, 0.29) is 0 Å². The highest BCUT2D eigenvalue weighted by Crippen LogP contribution is 2.34. The van der Waals surface area contributed by atoms with Crippen LogP contribution in [0.5, 0.6) is 0 Å². The average molecular weight is 1530 g/mol. The van der Waals surface area contributed by atoms with Crippen LogP contribution in [0.25, 0.3) is 0 Å². The average Bonchev–Trinajstić information content (AvgIpc) is 1.03. The molecule has 9 atom stereocenters. The van der Waals surface area contributed by atoms with Gasteiger partial charge in [0.1, 0.15) is 0 Å². The first kappa shape index (κ1) is 126. The Bertz CT molecular complexity index is 1270. The third-order valence-corrected chi connectivity index (χ3v) is 20.4. The van der Waals surface area contributed by atoms with Gasteiger partial charge in [-0.25, -0.2) is 0 Å². The van der Waals surface area contributed by atoms with Gasteiger partial charge in [0.05, 0.1) is 0 Å². The molecular formula is C108H234. The molecule has 0 radical (unpaired) electrons. The molecule has 0 aromatic carbocycles. The third kappa shape index (κ3) is 144. The molecule has 0 saturated carbocycles. The van der Waals surface area contributed by atoms with Gasteiger partial charge in [-0.15, -0.1) is 0 Å². The van der Waals surface area contributed by atoms with Crippen LogP contribution in [0.2, 0.25) is 0 Å². The van der Waals surface area contributed by atoms with Gasteiger partial charge in [0, 0.05) is 0 Å². The van der Waals surface area contributed by atoms with Crippen molar-refractivity contribution >= 4 is 0 Å². The number of rotatable bonds is 45. The van der Waals surface area contributed by atoms with Crippen LogP contribution in [0.3, 0.4) is 0 Å². The van der Waals surface area contributed by atoms with Crippen molar-refractivity contribution in [1.82, 2.24) is 0 Å². The monoisotopic (exact) mass is 1530 g/mol. The quantitative estimate of drug-likeness (QED) is 0.0533. The second-order valence-electron chi connectivity index (χ2n) is 48.3. The summed E-state index contributed by atoms with van der Waals surface area (Å²) in [6.07, 6.45) is 62.8. The largest absolute Gasteiger partial charge is 0.0654 e. The van der Waals surface area contributed by atoms with Gasteiger partial charge < -0.3 is 0 Å². The van der Waals surface area contributed by atoms with E-state index >= 15 is 0 Å². The molecule has 0 bridgehead atoms. The summed E-state index contributed by atoms with van der Waals surface area (Å²) in [5.41, 5.74) is 4.68. The van der Waals surface area contributed by atoms with Gasteiger partial charge in [-0.3, -0.25) is 0 Å². The van der Waals surface area contributed by atoms with Crippen LogP contribution in [-0.2, 0) is 0 Å². The van der Waals surface area contributed by atoms with Crippen molar-refractivity contribution in [2.45, 2.75) is 601 Å². The minimum atomic E-state index is 0.519. The molecule has 0 aromatic rings. The summed E-state index contributed by atoms with van der Waals surface area (Å²) in [6, 6.07) is 0. The molecule has 0 aromatic heterocycles. The molecule has 0 aliphatic heterocycles. The maximum absolute atomic E-state index is 2.39. The van der Waals surface area contributed by atoms with E-state index in [1.165, 1.54) is 289 Å². The van der Waals surface area contributed by atoms with Crippen LogP contribution in [0.15, 0.2) is 0 Å². The lowest BCUT2D eigenvalue weighted by atomic mass is 9.83. The molecule has 0 aliphatic rings. The highest BCUT2D eigenvalue weighted by molar-refractivity contribution is 4.73. The summed E-state index contributed by atoms with van der Waals surface area (Å²) in [6.45, 7) is 105. The Morgan fingerprint density at radius 1 is 0.120 bits per heavy atom. The van der Waals surface area contributed by atoms with Crippen molar-refractivity contribution in [2.75, 3.05) is 0 Å². The fourth-order valence-corrected chi connectivity index (χ4v) is 17.0. The Balaban J connectivity index is -0.000000146. The predicted molar refractivity (Wildman–Crippen MR) is 516 cm³/mol. The van der Waals surface area contributed by atoms with Crippen molar-refractivity contribution in [3.05, 3.63) is 0 Å². The minimum absolute atomic E-state index is 0.519. The van der Waals surface area contributed by atoms with Crippen LogP contribution >= 0.6 is 0 Å². The number of unbranched alkanes of at least 4 members (excludes halogenated alkanes) is 18. The Morgan fingerprint density at radius 2 is 0.185 bits per heavy atom. The predicted octanol–water partition coefficient (Wildman–Crippen LogP) is 41.8. The number of hydrogen-bond donors (Lipinski definition) is 0. The van der Waals surface area contributed by atoms with Gasteiger partial charge in [-0.2, -0.15) is 0 Å². The molecule has 0 heteroatoms. The van der Waals surface area contributed by atoms with Gasteiger partial charge in [0.25, 0.3) is 0 Å². The smallest absolute Gasteiger partial charge is 0.0380 e. The second kappa shape index (κ2) is 75.7. The zero-order valence-corrected chi connectivity index (χ0v) is 86.5. The highest BCUT2D eigenvalue weighted by atomic mass is 14.3. The van der Waals surface area contributed by atoms with Crippen LogP contribution in [0.4, 0.5) is 0 Å². The fraction of sp³-hybridized carbons (Fsp3) is 1.00. The highest BCUT2D eigenvalue weighted by Gasteiger charge is 2.21. The molecule has 0 nitrogen and oxygen atoms in total. The Hall–Kier alpha value is 0. The van der Waals surface area contributed by atoms with Crippen LogP contribution in [0.1, 0.15) is 601 Å². The maximum Gasteiger partial charge on any atom is -0.0380 e. The van der Waals surface area contributed by atoms with Crippen LogP contribution in [-0.4, -0.2) is 0 Å². The molecule has 0 saturated heterocycles. The van der Waals surface area contributed by atoms with Crippen LogP contribution < -0.4 is 0 Å². The third-order valence-electron chi connectivity index (χ3n) is 20.4. The van der Waals surface area contributed by atoms with Gasteiger partial charge in [-0.05, 0) is 160 Å². The zero-order chi connectivity index (χ0) is 86.5. The first-order chi connectivity index (χ1) is 49.1. The van der Waals surface area contributed by atoms with E-state index in [9.17, 15) is 0 Å². The van der Waals surface area contributed by atoms with E-state index in [2.05, 4.69) is 312 Å². The van der Waals surface area contributed by atoms with Crippen molar-refractivity contribution in [1.29, 1.82) is 0 Å². The van der Waals surface area contributed by atoms with Crippen molar-refractivity contribution in [3.8, 4) is 0 Å².